The van der Waals surface area contributed by atoms with Crippen molar-refractivity contribution in [1.29, 1.82) is 0 Å². The van der Waals surface area contributed by atoms with E-state index in [4.69, 9.17) is 4.74 Å². The van der Waals surface area contributed by atoms with Crippen LogP contribution >= 0.6 is 0 Å². The molecule has 4 heteroatoms. The first-order chi connectivity index (χ1) is 7.66. The molecule has 0 atom stereocenters. The lowest BCUT2D eigenvalue weighted by Crippen LogP contribution is -2.27. The molecule has 0 rings (SSSR count). The Morgan fingerprint density at radius 3 is 2.56 bits per heavy atom. The van der Waals surface area contributed by atoms with Gasteiger partial charge in [0.2, 0.25) is 5.91 Å². The minimum Gasteiger partial charge on any atom is -0.385 e. The van der Waals surface area contributed by atoms with E-state index in [2.05, 4.69) is 24.5 Å². The Labute approximate surface area is 99.1 Å². The van der Waals surface area contributed by atoms with E-state index in [1.165, 1.54) is 0 Å². The fourth-order valence-corrected chi connectivity index (χ4v) is 1.33. The summed E-state index contributed by atoms with van der Waals surface area (Å²) in [7, 11) is 1.69. The molecular weight excluding hydrogens is 204 g/mol. The number of hydrogen-bond donors (Lipinski definition) is 2. The Kier molecular flexibility index (Phi) is 10.5. The zero-order valence-electron chi connectivity index (χ0n) is 10.8. The monoisotopic (exact) mass is 230 g/mol. The van der Waals surface area contributed by atoms with Crippen LogP contribution in [-0.2, 0) is 9.53 Å². The van der Waals surface area contributed by atoms with Crippen LogP contribution in [0.15, 0.2) is 0 Å². The number of unbranched alkanes of at least 4 members (excludes halogenated alkanes) is 1. The van der Waals surface area contributed by atoms with Gasteiger partial charge in [-0.05, 0) is 25.8 Å². The average Bonchev–Trinajstić information content (AvgIpc) is 2.24. The summed E-state index contributed by atoms with van der Waals surface area (Å²) in [4.78, 5) is 11.4. The van der Waals surface area contributed by atoms with Gasteiger partial charge in [-0.3, -0.25) is 4.79 Å². The number of nitrogens with one attached hydrogen (secondary N) is 2. The molecule has 4 nitrogen and oxygen atoms in total. The number of methoxy groups -OCH3 is 1. The van der Waals surface area contributed by atoms with Crippen LogP contribution in [0.1, 0.15) is 39.5 Å². The smallest absolute Gasteiger partial charge is 0.220 e. The zero-order chi connectivity index (χ0) is 12.2. The molecule has 0 saturated carbocycles. The molecule has 0 aliphatic rings. The van der Waals surface area contributed by atoms with E-state index < -0.39 is 0 Å². The molecule has 16 heavy (non-hydrogen) atoms. The summed E-state index contributed by atoms with van der Waals surface area (Å²) in [5, 5.41) is 6.20. The van der Waals surface area contributed by atoms with Crippen molar-refractivity contribution in [2.24, 2.45) is 0 Å². The van der Waals surface area contributed by atoms with E-state index in [1.54, 1.807) is 7.11 Å². The van der Waals surface area contributed by atoms with Gasteiger partial charge in [-0.1, -0.05) is 13.8 Å². The van der Waals surface area contributed by atoms with E-state index >= 15 is 0 Å². The first-order valence-electron chi connectivity index (χ1n) is 6.16. The molecule has 0 aliphatic carbocycles. The van der Waals surface area contributed by atoms with Gasteiger partial charge in [0.25, 0.3) is 0 Å². The Bertz CT molecular complexity index is 172. The SMILES string of the molecule is COCCCCNC(=O)CCCNC(C)C. The highest BCUT2D eigenvalue weighted by Crippen LogP contribution is 1.91. The van der Waals surface area contributed by atoms with Crippen LogP contribution in [0.2, 0.25) is 0 Å². The minimum absolute atomic E-state index is 0.156. The molecule has 0 aromatic carbocycles. The van der Waals surface area contributed by atoms with E-state index in [9.17, 15) is 4.79 Å². The molecule has 0 fully saturated rings. The number of carbonyl (C=O) groups excluding carboxylic acids is 1. The van der Waals surface area contributed by atoms with Gasteiger partial charge in [0.1, 0.15) is 0 Å². The highest BCUT2D eigenvalue weighted by molar-refractivity contribution is 5.75. The second-order valence-electron chi connectivity index (χ2n) is 4.26. The molecule has 96 valence electrons. The third-order valence-electron chi connectivity index (χ3n) is 2.23. The average molecular weight is 230 g/mol. The molecule has 0 bridgehead atoms. The first-order valence-corrected chi connectivity index (χ1v) is 6.16. The maximum atomic E-state index is 11.4. The van der Waals surface area contributed by atoms with Gasteiger partial charge in [0.05, 0.1) is 0 Å². The summed E-state index contributed by atoms with van der Waals surface area (Å²) in [5.41, 5.74) is 0. The summed E-state index contributed by atoms with van der Waals surface area (Å²) in [6.07, 6.45) is 3.52. The van der Waals surface area contributed by atoms with Crippen molar-refractivity contribution in [3.8, 4) is 0 Å². The normalized spacial score (nSPS) is 10.8. The third-order valence-corrected chi connectivity index (χ3v) is 2.23. The number of amides is 1. The molecule has 0 aromatic heterocycles. The van der Waals surface area contributed by atoms with Crippen molar-refractivity contribution in [3.05, 3.63) is 0 Å². The van der Waals surface area contributed by atoms with Crippen LogP contribution in [0.5, 0.6) is 0 Å². The van der Waals surface area contributed by atoms with Crippen molar-refractivity contribution in [3.63, 3.8) is 0 Å². The topological polar surface area (TPSA) is 50.4 Å². The van der Waals surface area contributed by atoms with Crippen molar-refractivity contribution in [2.45, 2.75) is 45.6 Å². The van der Waals surface area contributed by atoms with Crippen LogP contribution in [0.25, 0.3) is 0 Å². The third kappa shape index (κ3) is 11.5. The highest BCUT2D eigenvalue weighted by atomic mass is 16.5. The van der Waals surface area contributed by atoms with Gasteiger partial charge < -0.3 is 15.4 Å². The lowest BCUT2D eigenvalue weighted by molar-refractivity contribution is -0.121. The molecular formula is C12H26N2O2. The van der Waals surface area contributed by atoms with Crippen molar-refractivity contribution >= 4 is 5.91 Å². The predicted molar refractivity (Wildman–Crippen MR) is 66.5 cm³/mol. The Hall–Kier alpha value is -0.610. The predicted octanol–water partition coefficient (Wildman–Crippen LogP) is 1.31. The summed E-state index contributed by atoms with van der Waals surface area (Å²) < 4.78 is 4.93. The fourth-order valence-electron chi connectivity index (χ4n) is 1.33. The fraction of sp³-hybridized carbons (Fsp3) is 0.917. The maximum Gasteiger partial charge on any atom is 0.220 e. The van der Waals surface area contributed by atoms with E-state index in [0.29, 0.717) is 12.5 Å². The Morgan fingerprint density at radius 2 is 1.94 bits per heavy atom. The van der Waals surface area contributed by atoms with Gasteiger partial charge in [0.15, 0.2) is 0 Å². The van der Waals surface area contributed by atoms with Crippen LogP contribution in [-0.4, -0.2) is 38.8 Å². The minimum atomic E-state index is 0.156. The Morgan fingerprint density at radius 1 is 1.19 bits per heavy atom. The van der Waals surface area contributed by atoms with Crippen molar-refractivity contribution in [1.82, 2.24) is 10.6 Å². The molecule has 0 saturated heterocycles. The van der Waals surface area contributed by atoms with Crippen LogP contribution in [0, 0.1) is 0 Å². The van der Waals surface area contributed by atoms with Crippen LogP contribution in [0.3, 0.4) is 0 Å². The first kappa shape index (κ1) is 15.4. The molecule has 1 amide bonds. The quantitative estimate of drug-likeness (QED) is 0.556. The molecule has 2 N–H and O–H groups in total. The number of rotatable bonds is 10. The van der Waals surface area contributed by atoms with E-state index in [1.807, 2.05) is 0 Å². The standard InChI is InChI=1S/C12H26N2O2/c1-11(2)13-9-6-7-12(15)14-8-4-5-10-16-3/h11,13H,4-10H2,1-3H3,(H,14,15). The highest BCUT2D eigenvalue weighted by Gasteiger charge is 2.00. The lowest BCUT2D eigenvalue weighted by atomic mass is 10.2. The summed E-state index contributed by atoms with van der Waals surface area (Å²) in [6, 6.07) is 0.497. The van der Waals surface area contributed by atoms with Crippen molar-refractivity contribution in [2.75, 3.05) is 26.8 Å². The second kappa shape index (κ2) is 10.9. The number of hydrogen-bond acceptors (Lipinski definition) is 3. The van der Waals surface area contributed by atoms with E-state index in [0.717, 1.165) is 39.0 Å². The van der Waals surface area contributed by atoms with Gasteiger partial charge in [-0.15, -0.1) is 0 Å². The molecule has 0 spiro atoms. The molecule has 0 aromatic rings. The second-order valence-corrected chi connectivity index (χ2v) is 4.26. The summed E-state index contributed by atoms with van der Waals surface area (Å²) in [5.74, 6) is 0.156. The van der Waals surface area contributed by atoms with Gasteiger partial charge >= 0.3 is 0 Å². The largest absolute Gasteiger partial charge is 0.385 e. The van der Waals surface area contributed by atoms with Crippen LogP contribution < -0.4 is 10.6 Å². The summed E-state index contributed by atoms with van der Waals surface area (Å²) >= 11 is 0. The number of ether oxygens (including phenoxy) is 1. The zero-order valence-corrected chi connectivity index (χ0v) is 10.8. The summed E-state index contributed by atoms with van der Waals surface area (Å²) in [6.45, 7) is 6.66. The van der Waals surface area contributed by atoms with Crippen LogP contribution in [0.4, 0.5) is 0 Å². The van der Waals surface area contributed by atoms with Gasteiger partial charge in [-0.2, -0.15) is 0 Å². The lowest BCUT2D eigenvalue weighted by Gasteiger charge is -2.08. The van der Waals surface area contributed by atoms with Gasteiger partial charge in [-0.25, -0.2) is 0 Å². The Balaban J connectivity index is 3.18. The van der Waals surface area contributed by atoms with Gasteiger partial charge in [0, 0.05) is 32.7 Å². The number of carbonyl (C=O) groups is 1. The maximum absolute atomic E-state index is 11.4. The molecule has 0 radical (unpaired) electrons. The molecule has 0 heterocycles. The van der Waals surface area contributed by atoms with E-state index in [-0.39, 0.29) is 5.91 Å². The molecule has 0 aliphatic heterocycles. The molecule has 0 unspecified atom stereocenters. The van der Waals surface area contributed by atoms with Crippen molar-refractivity contribution < 1.29 is 9.53 Å².